The summed E-state index contributed by atoms with van der Waals surface area (Å²) in [5.74, 6) is 2.47. The van der Waals surface area contributed by atoms with Gasteiger partial charge >= 0.3 is 0 Å². The Kier molecular flexibility index (Phi) is 3.14. The largest absolute Gasteiger partial charge is 0.351 e. The number of amides is 1. The van der Waals surface area contributed by atoms with Gasteiger partial charge in [-0.3, -0.25) is 9.69 Å². The standard InChI is InChI=1S/C18H25N5O/c1-11(12-2-3-12)23-15-14(18(6-7-18)16(23)24)10-20-17(22-15)21-13-4-8-19-9-5-13/h10-13,19H,2-9H2,1H3,(H,20,21,22). The summed E-state index contributed by atoms with van der Waals surface area (Å²) < 4.78 is 0. The maximum atomic E-state index is 13.1. The third-order valence-electron chi connectivity index (χ3n) is 6.27. The van der Waals surface area contributed by atoms with Crippen LogP contribution in [-0.4, -0.2) is 41.0 Å². The Balaban J connectivity index is 1.46. The van der Waals surface area contributed by atoms with Crippen LogP contribution in [0.15, 0.2) is 6.20 Å². The Labute approximate surface area is 142 Å². The van der Waals surface area contributed by atoms with E-state index in [1.807, 2.05) is 11.1 Å². The van der Waals surface area contributed by atoms with Crippen molar-refractivity contribution >= 4 is 17.7 Å². The Hall–Kier alpha value is -1.69. The minimum absolute atomic E-state index is 0.262. The number of rotatable bonds is 4. The molecule has 6 nitrogen and oxygen atoms in total. The van der Waals surface area contributed by atoms with E-state index in [0.717, 1.165) is 50.2 Å². The highest BCUT2D eigenvalue weighted by molar-refractivity contribution is 6.09. The normalized spacial score (nSPS) is 26.5. The molecule has 0 radical (unpaired) electrons. The van der Waals surface area contributed by atoms with E-state index in [1.54, 1.807) is 0 Å². The van der Waals surface area contributed by atoms with E-state index in [2.05, 4.69) is 22.5 Å². The third-order valence-corrected chi connectivity index (χ3v) is 6.27. The van der Waals surface area contributed by atoms with Gasteiger partial charge in [0.15, 0.2) is 0 Å². The first-order valence-electron chi connectivity index (χ1n) is 9.37. The van der Waals surface area contributed by atoms with Crippen molar-refractivity contribution in [3.8, 4) is 0 Å². The van der Waals surface area contributed by atoms with Gasteiger partial charge in [-0.15, -0.1) is 0 Å². The average molecular weight is 327 g/mol. The van der Waals surface area contributed by atoms with Crippen molar-refractivity contribution in [3.63, 3.8) is 0 Å². The number of hydrogen-bond donors (Lipinski definition) is 2. The van der Waals surface area contributed by atoms with E-state index in [0.29, 0.717) is 17.9 Å². The first-order valence-corrected chi connectivity index (χ1v) is 9.37. The SMILES string of the molecule is CC(C1CC1)N1C(=O)C2(CC2)c2cnc(NC3CCNCC3)nc21. The Morgan fingerprint density at radius 1 is 1.29 bits per heavy atom. The van der Waals surface area contributed by atoms with E-state index >= 15 is 0 Å². The summed E-state index contributed by atoms with van der Waals surface area (Å²) in [7, 11) is 0. The smallest absolute Gasteiger partial charge is 0.239 e. The van der Waals surface area contributed by atoms with E-state index < -0.39 is 0 Å². The number of hydrogen-bond acceptors (Lipinski definition) is 5. The minimum atomic E-state index is -0.286. The molecule has 4 aliphatic rings. The summed E-state index contributed by atoms with van der Waals surface area (Å²) in [6.07, 6.45) is 8.47. The van der Waals surface area contributed by atoms with Gasteiger partial charge in [-0.2, -0.15) is 4.98 Å². The van der Waals surface area contributed by atoms with Crippen molar-refractivity contribution in [2.75, 3.05) is 23.3 Å². The van der Waals surface area contributed by atoms with E-state index in [1.165, 1.54) is 12.8 Å². The molecule has 5 rings (SSSR count). The highest BCUT2D eigenvalue weighted by atomic mass is 16.2. The number of carbonyl (C=O) groups excluding carboxylic acids is 1. The van der Waals surface area contributed by atoms with Crippen LogP contribution in [0.2, 0.25) is 0 Å². The van der Waals surface area contributed by atoms with Gasteiger partial charge in [0, 0.05) is 23.8 Å². The zero-order valence-electron chi connectivity index (χ0n) is 14.2. The van der Waals surface area contributed by atoms with Crippen LogP contribution in [0.25, 0.3) is 0 Å². The van der Waals surface area contributed by atoms with E-state index in [4.69, 9.17) is 4.98 Å². The molecule has 2 saturated carbocycles. The minimum Gasteiger partial charge on any atom is -0.351 e. The van der Waals surface area contributed by atoms with E-state index in [9.17, 15) is 4.79 Å². The third kappa shape index (κ3) is 2.15. The lowest BCUT2D eigenvalue weighted by molar-refractivity contribution is -0.120. The average Bonchev–Trinajstić information content (AvgIpc) is 3.48. The summed E-state index contributed by atoms with van der Waals surface area (Å²) in [6.45, 7) is 4.26. The molecule has 3 fully saturated rings. The Bertz CT molecular complexity index is 676. The Morgan fingerprint density at radius 3 is 2.71 bits per heavy atom. The summed E-state index contributed by atoms with van der Waals surface area (Å²) in [5, 5.41) is 6.85. The molecule has 2 N–H and O–H groups in total. The molecule has 1 aromatic rings. The van der Waals surface area contributed by atoms with Crippen LogP contribution in [0.1, 0.15) is 51.0 Å². The van der Waals surface area contributed by atoms with Gasteiger partial charge in [0.2, 0.25) is 11.9 Å². The fraction of sp³-hybridized carbons (Fsp3) is 0.722. The molecule has 2 aliphatic heterocycles. The molecule has 1 spiro atoms. The molecule has 1 saturated heterocycles. The molecule has 1 atom stereocenters. The lowest BCUT2D eigenvalue weighted by Crippen LogP contribution is -2.40. The zero-order valence-corrected chi connectivity index (χ0v) is 14.2. The molecule has 1 unspecified atom stereocenters. The monoisotopic (exact) mass is 327 g/mol. The molecule has 6 heteroatoms. The van der Waals surface area contributed by atoms with Crippen LogP contribution in [-0.2, 0) is 10.2 Å². The van der Waals surface area contributed by atoms with Crippen molar-refractivity contribution in [2.24, 2.45) is 5.92 Å². The van der Waals surface area contributed by atoms with Crippen molar-refractivity contribution in [1.82, 2.24) is 15.3 Å². The molecule has 1 aromatic heterocycles. The molecule has 0 aromatic carbocycles. The second-order valence-electron chi connectivity index (χ2n) is 7.93. The Morgan fingerprint density at radius 2 is 2.04 bits per heavy atom. The lowest BCUT2D eigenvalue weighted by atomic mass is 10.0. The molecular weight excluding hydrogens is 302 g/mol. The van der Waals surface area contributed by atoms with Crippen molar-refractivity contribution in [2.45, 2.75) is 62.9 Å². The zero-order chi connectivity index (χ0) is 16.3. The fourth-order valence-electron chi connectivity index (χ4n) is 4.33. The first-order chi connectivity index (χ1) is 11.7. The predicted molar refractivity (Wildman–Crippen MR) is 92.1 cm³/mol. The number of carbonyl (C=O) groups is 1. The topological polar surface area (TPSA) is 70.2 Å². The lowest BCUT2D eigenvalue weighted by Gasteiger charge is -2.26. The van der Waals surface area contributed by atoms with Gasteiger partial charge in [-0.25, -0.2) is 4.98 Å². The molecule has 2 aliphatic carbocycles. The predicted octanol–water partition coefficient (Wildman–Crippen LogP) is 1.82. The van der Waals surface area contributed by atoms with Crippen molar-refractivity contribution in [1.29, 1.82) is 0 Å². The highest BCUT2D eigenvalue weighted by Gasteiger charge is 2.61. The highest BCUT2D eigenvalue weighted by Crippen LogP contribution is 2.58. The first kappa shape index (κ1) is 14.6. The van der Waals surface area contributed by atoms with Gasteiger partial charge in [0.25, 0.3) is 0 Å². The summed E-state index contributed by atoms with van der Waals surface area (Å²) in [5.41, 5.74) is 0.780. The maximum absolute atomic E-state index is 13.1. The number of nitrogens with zero attached hydrogens (tertiary/aromatic N) is 3. The second-order valence-corrected chi connectivity index (χ2v) is 7.93. The fourth-order valence-corrected chi connectivity index (χ4v) is 4.33. The number of nitrogens with one attached hydrogen (secondary N) is 2. The van der Waals surface area contributed by atoms with Gasteiger partial charge < -0.3 is 10.6 Å². The van der Waals surface area contributed by atoms with Crippen LogP contribution in [0.5, 0.6) is 0 Å². The van der Waals surface area contributed by atoms with Gasteiger partial charge in [-0.1, -0.05) is 0 Å². The van der Waals surface area contributed by atoms with Crippen LogP contribution in [0.3, 0.4) is 0 Å². The van der Waals surface area contributed by atoms with Gasteiger partial charge in [0.1, 0.15) is 5.82 Å². The number of fused-ring (bicyclic) bond motifs is 2. The molecular formula is C18H25N5O. The van der Waals surface area contributed by atoms with Gasteiger partial charge in [0.05, 0.1) is 5.41 Å². The van der Waals surface area contributed by atoms with Crippen LogP contribution >= 0.6 is 0 Å². The summed E-state index contributed by atoms with van der Waals surface area (Å²) in [6, 6.07) is 0.684. The molecule has 1 amide bonds. The number of piperidine rings is 1. The quantitative estimate of drug-likeness (QED) is 0.883. The van der Waals surface area contributed by atoms with Crippen LogP contribution < -0.4 is 15.5 Å². The van der Waals surface area contributed by atoms with Crippen LogP contribution in [0.4, 0.5) is 11.8 Å². The second kappa shape index (κ2) is 5.15. The molecule has 24 heavy (non-hydrogen) atoms. The summed E-state index contributed by atoms with van der Waals surface area (Å²) >= 11 is 0. The van der Waals surface area contributed by atoms with E-state index in [-0.39, 0.29) is 17.4 Å². The maximum Gasteiger partial charge on any atom is 0.239 e. The van der Waals surface area contributed by atoms with Crippen LogP contribution in [0, 0.1) is 5.92 Å². The molecule has 3 heterocycles. The number of aromatic nitrogens is 2. The van der Waals surface area contributed by atoms with Gasteiger partial charge in [-0.05, 0) is 64.5 Å². The summed E-state index contributed by atoms with van der Waals surface area (Å²) in [4.78, 5) is 24.4. The van der Waals surface area contributed by atoms with Crippen molar-refractivity contribution in [3.05, 3.63) is 11.8 Å². The molecule has 128 valence electrons. The number of anilines is 2. The van der Waals surface area contributed by atoms with Crippen molar-refractivity contribution < 1.29 is 4.79 Å². The molecule has 0 bridgehead atoms.